The molecule has 3 heterocycles. The van der Waals surface area contributed by atoms with Crippen LogP contribution in [0.3, 0.4) is 0 Å². The number of aryl methyl sites for hydroxylation is 2. The molecular weight excluding hydrogens is 340 g/mol. The summed E-state index contributed by atoms with van der Waals surface area (Å²) in [6.45, 7) is 4.43. The van der Waals surface area contributed by atoms with Gasteiger partial charge in [-0.1, -0.05) is 6.92 Å². The third kappa shape index (κ3) is 2.57. The molecule has 8 heteroatoms. The number of aromatic amines is 2. The molecule has 130 valence electrons. The van der Waals surface area contributed by atoms with Crippen molar-refractivity contribution in [3.05, 3.63) is 47.8 Å². The third-order valence-electron chi connectivity index (χ3n) is 4.77. The summed E-state index contributed by atoms with van der Waals surface area (Å²) >= 11 is 1.53. The van der Waals surface area contributed by atoms with Crippen LogP contribution in [0.25, 0.3) is 21.6 Å². The number of hydrogen-bond donors (Lipinski definition) is 2. The Kier molecular flexibility index (Phi) is 3.72. The van der Waals surface area contributed by atoms with Crippen molar-refractivity contribution in [2.24, 2.45) is 5.92 Å². The molecule has 0 saturated heterocycles. The molecule has 1 aliphatic carbocycles. The first-order valence-corrected chi connectivity index (χ1v) is 9.18. The average molecular weight is 358 g/mol. The number of H-pyrrole nitrogens is 2. The molecule has 25 heavy (non-hydrogen) atoms. The van der Waals surface area contributed by atoms with E-state index >= 15 is 0 Å². The van der Waals surface area contributed by atoms with Crippen LogP contribution in [-0.2, 0) is 19.4 Å². The first-order valence-electron chi connectivity index (χ1n) is 8.36. The summed E-state index contributed by atoms with van der Waals surface area (Å²) in [5, 5.41) is 0.649. The maximum atomic E-state index is 12.7. The number of rotatable bonds is 2. The summed E-state index contributed by atoms with van der Waals surface area (Å²) in [6, 6.07) is 0. The molecule has 4 rings (SSSR count). The molecule has 0 aromatic carbocycles. The predicted molar refractivity (Wildman–Crippen MR) is 97.4 cm³/mol. The predicted octanol–water partition coefficient (Wildman–Crippen LogP) is 1.65. The highest BCUT2D eigenvalue weighted by atomic mass is 32.1. The van der Waals surface area contributed by atoms with Crippen molar-refractivity contribution < 1.29 is 0 Å². The van der Waals surface area contributed by atoms with Gasteiger partial charge in [-0.3, -0.25) is 14.6 Å². The van der Waals surface area contributed by atoms with Crippen LogP contribution in [0.4, 0.5) is 0 Å². The number of hydrogen-bond acceptors (Lipinski definition) is 5. The number of nitrogens with one attached hydrogen (secondary N) is 2. The van der Waals surface area contributed by atoms with Gasteiger partial charge >= 0.3 is 5.69 Å². The van der Waals surface area contributed by atoms with Crippen molar-refractivity contribution in [2.75, 3.05) is 0 Å². The van der Waals surface area contributed by atoms with Crippen molar-refractivity contribution >= 4 is 21.6 Å². The molecule has 1 aliphatic rings. The Morgan fingerprint density at radius 2 is 2.08 bits per heavy atom. The molecular formula is C17H18N4O3S. The van der Waals surface area contributed by atoms with E-state index in [9.17, 15) is 14.4 Å². The first-order chi connectivity index (χ1) is 12.0. The SMILES string of the molecule is CCn1cc(-c2nc3sc4c(c3c(=O)[nH]2)CCC(C)C4)c(=O)[nH]c1=O. The zero-order valence-corrected chi connectivity index (χ0v) is 14.8. The standard InChI is InChI=1S/C17H18N4O3S/c1-3-21-7-10(14(22)20-17(21)24)13-18-15(23)12-9-5-4-8(2)6-11(9)25-16(12)19-13/h7-8H,3-6H2,1-2H3,(H,18,19,23)(H,20,22,24). The quantitative estimate of drug-likeness (QED) is 0.727. The van der Waals surface area contributed by atoms with Gasteiger partial charge in [0.25, 0.3) is 11.1 Å². The van der Waals surface area contributed by atoms with E-state index < -0.39 is 11.2 Å². The van der Waals surface area contributed by atoms with Gasteiger partial charge in [0.2, 0.25) is 0 Å². The summed E-state index contributed by atoms with van der Waals surface area (Å²) in [4.78, 5) is 47.9. The third-order valence-corrected chi connectivity index (χ3v) is 5.92. The van der Waals surface area contributed by atoms with Crippen molar-refractivity contribution in [3.8, 4) is 11.4 Å². The maximum Gasteiger partial charge on any atom is 0.328 e. The lowest BCUT2D eigenvalue weighted by Crippen LogP contribution is -2.30. The molecule has 1 atom stereocenters. The number of nitrogens with zero attached hydrogens (tertiary/aromatic N) is 2. The second kappa shape index (κ2) is 5.80. The Bertz CT molecular complexity index is 1150. The van der Waals surface area contributed by atoms with Crippen molar-refractivity contribution in [1.29, 1.82) is 0 Å². The molecule has 0 aliphatic heterocycles. The monoisotopic (exact) mass is 358 g/mol. The van der Waals surface area contributed by atoms with Gasteiger partial charge in [-0.15, -0.1) is 11.3 Å². The lowest BCUT2D eigenvalue weighted by molar-refractivity contribution is 0.509. The summed E-state index contributed by atoms with van der Waals surface area (Å²) < 4.78 is 1.38. The molecule has 2 N–H and O–H groups in total. The Hall–Kier alpha value is -2.48. The second-order valence-electron chi connectivity index (χ2n) is 6.53. The Morgan fingerprint density at radius 3 is 2.84 bits per heavy atom. The lowest BCUT2D eigenvalue weighted by Gasteiger charge is -2.17. The van der Waals surface area contributed by atoms with Crippen LogP contribution in [0, 0.1) is 5.92 Å². The number of thiophene rings is 1. The van der Waals surface area contributed by atoms with E-state index in [1.165, 1.54) is 27.0 Å². The van der Waals surface area contributed by atoms with Crippen LogP contribution in [0.2, 0.25) is 0 Å². The maximum absolute atomic E-state index is 12.7. The number of fused-ring (bicyclic) bond motifs is 3. The van der Waals surface area contributed by atoms with Crippen LogP contribution >= 0.6 is 11.3 Å². The van der Waals surface area contributed by atoms with Gasteiger partial charge in [0.15, 0.2) is 0 Å². The highest BCUT2D eigenvalue weighted by Gasteiger charge is 2.23. The van der Waals surface area contributed by atoms with Crippen molar-refractivity contribution in [3.63, 3.8) is 0 Å². The van der Waals surface area contributed by atoms with Gasteiger partial charge < -0.3 is 9.55 Å². The number of aromatic nitrogens is 4. The topological polar surface area (TPSA) is 101 Å². The normalized spacial score (nSPS) is 17.0. The Morgan fingerprint density at radius 1 is 1.28 bits per heavy atom. The highest BCUT2D eigenvalue weighted by Crippen LogP contribution is 2.35. The van der Waals surface area contributed by atoms with Crippen molar-refractivity contribution in [2.45, 2.75) is 39.7 Å². The van der Waals surface area contributed by atoms with Gasteiger partial charge in [0.05, 0.1) is 10.9 Å². The molecule has 0 fully saturated rings. The lowest BCUT2D eigenvalue weighted by atomic mass is 9.89. The Balaban J connectivity index is 1.95. The molecule has 0 radical (unpaired) electrons. The zero-order chi connectivity index (χ0) is 17.7. The van der Waals surface area contributed by atoms with Gasteiger partial charge in [-0.05, 0) is 37.7 Å². The molecule has 0 bridgehead atoms. The zero-order valence-electron chi connectivity index (χ0n) is 14.0. The van der Waals surface area contributed by atoms with Gasteiger partial charge in [-0.25, -0.2) is 9.78 Å². The summed E-state index contributed by atoms with van der Waals surface area (Å²) in [5.74, 6) is 0.808. The molecule has 3 aromatic rings. The molecule has 1 unspecified atom stereocenters. The fourth-order valence-corrected chi connectivity index (χ4v) is 4.77. The minimum absolute atomic E-state index is 0.195. The largest absolute Gasteiger partial charge is 0.328 e. The molecule has 3 aromatic heterocycles. The average Bonchev–Trinajstić information content (AvgIpc) is 2.92. The minimum atomic E-state index is -0.549. The van der Waals surface area contributed by atoms with Crippen molar-refractivity contribution in [1.82, 2.24) is 19.5 Å². The van der Waals surface area contributed by atoms with E-state index in [-0.39, 0.29) is 16.9 Å². The van der Waals surface area contributed by atoms with E-state index in [1.54, 1.807) is 6.92 Å². The Labute approximate surface area is 146 Å². The van der Waals surface area contributed by atoms with Gasteiger partial charge in [0, 0.05) is 17.6 Å². The van der Waals surface area contributed by atoms with E-state index in [4.69, 9.17) is 0 Å². The fourth-order valence-electron chi connectivity index (χ4n) is 3.39. The van der Waals surface area contributed by atoms with Crippen LogP contribution in [0.15, 0.2) is 20.6 Å². The van der Waals surface area contributed by atoms with Gasteiger partial charge in [0.1, 0.15) is 10.7 Å². The highest BCUT2D eigenvalue weighted by molar-refractivity contribution is 7.18. The second-order valence-corrected chi connectivity index (χ2v) is 7.62. The van der Waals surface area contributed by atoms with Crippen LogP contribution in [-0.4, -0.2) is 19.5 Å². The molecule has 0 saturated carbocycles. The van der Waals surface area contributed by atoms with E-state index in [1.807, 2.05) is 0 Å². The molecule has 0 spiro atoms. The first kappa shape index (κ1) is 16.0. The molecule has 0 amide bonds. The van der Waals surface area contributed by atoms with E-state index in [0.29, 0.717) is 22.7 Å². The summed E-state index contributed by atoms with van der Waals surface area (Å²) in [7, 11) is 0. The van der Waals surface area contributed by atoms with Crippen LogP contribution < -0.4 is 16.8 Å². The van der Waals surface area contributed by atoms with E-state index in [2.05, 4.69) is 21.9 Å². The summed E-state index contributed by atoms with van der Waals surface area (Å²) in [5.41, 5.74) is 0.0547. The molecule has 7 nitrogen and oxygen atoms in total. The van der Waals surface area contributed by atoms with Gasteiger partial charge in [-0.2, -0.15) is 0 Å². The van der Waals surface area contributed by atoms with Crippen LogP contribution in [0.1, 0.15) is 30.7 Å². The summed E-state index contributed by atoms with van der Waals surface area (Å²) in [6.07, 6.45) is 4.37. The minimum Gasteiger partial charge on any atom is -0.306 e. The van der Waals surface area contributed by atoms with Crippen LogP contribution in [0.5, 0.6) is 0 Å². The smallest absolute Gasteiger partial charge is 0.306 e. The van der Waals surface area contributed by atoms with E-state index in [0.717, 1.165) is 24.8 Å². The fraction of sp³-hybridized carbons (Fsp3) is 0.412.